The number of carbonyl (C=O) groups excluding carboxylic acids is 12. The molecule has 0 aliphatic heterocycles. The number of ketones is 12. The van der Waals surface area contributed by atoms with E-state index in [2.05, 4.69) is 33.2 Å². The van der Waals surface area contributed by atoms with Gasteiger partial charge in [-0.2, -0.15) is 0 Å². The molecule has 0 fully saturated rings. The van der Waals surface area contributed by atoms with Crippen LogP contribution >= 0.6 is 0 Å². The highest BCUT2D eigenvalue weighted by molar-refractivity contribution is 6.28. The van der Waals surface area contributed by atoms with E-state index in [1.807, 2.05) is 0 Å². The number of allylic oxidation sites excluding steroid dienone is 24. The molecule has 6 aliphatic rings. The molecular weight excluding hydrogens is 1570 g/mol. The van der Waals surface area contributed by atoms with Gasteiger partial charge in [0.2, 0.25) is 0 Å². The predicted octanol–water partition coefficient (Wildman–Crippen LogP) is 20.9. The first kappa shape index (κ1) is 110. The van der Waals surface area contributed by atoms with Crippen molar-refractivity contribution in [1.29, 1.82) is 0 Å². The lowest BCUT2D eigenvalue weighted by Crippen LogP contribution is -2.20. The minimum atomic E-state index is -0.837. The SMILES string of the molecule is CC1=C(C)C(=O)C(CCCCCCCCCCO[N+](=O)[O-])=C(C)C1=O.CC1=C(C)C(=O)C(CCCCCCCCCCO[N+](=O)[O-])=C(C)C1=O.CC1=C(C)C(=O)C(CCCCCO[N+](=O)[O-])=C(C)C1=O.CC1=C(C)C(=O)C(CCCCO[N+](=O)[O-])=C(C)C1=O.CCCCCC1=C(C)C(=O)C(C)=C(C)C1=O.CCCCCCC1=C(C)C(=O)C(C)=C(C)C1=O. The van der Waals surface area contributed by atoms with E-state index in [1.54, 1.807) is 125 Å². The number of carbonyl (C=O) groups is 12. The maximum Gasteiger partial charge on any atom is 0.294 e. The maximum atomic E-state index is 12.3. The van der Waals surface area contributed by atoms with Crippen molar-refractivity contribution in [2.24, 2.45) is 0 Å². The molecule has 0 aromatic carbocycles. The van der Waals surface area contributed by atoms with Crippen molar-refractivity contribution in [3.63, 3.8) is 0 Å². The fourth-order valence-electron chi connectivity index (χ4n) is 14.5. The van der Waals surface area contributed by atoms with Crippen molar-refractivity contribution in [2.75, 3.05) is 26.4 Å². The number of hydrogen-bond donors (Lipinski definition) is 0. The number of unbranched alkanes of at least 4 members (excludes halogenated alkanes) is 22. The van der Waals surface area contributed by atoms with Gasteiger partial charge in [0.05, 0.1) is 26.4 Å². The third kappa shape index (κ3) is 36.0. The van der Waals surface area contributed by atoms with E-state index in [4.69, 9.17) is 0 Å². The molecule has 0 saturated heterocycles. The summed E-state index contributed by atoms with van der Waals surface area (Å²) in [4.78, 5) is 201. The van der Waals surface area contributed by atoms with Gasteiger partial charge in [-0.25, -0.2) is 0 Å². The molecule has 28 heteroatoms. The van der Waals surface area contributed by atoms with Crippen LogP contribution in [0.5, 0.6) is 0 Å². The zero-order valence-electron chi connectivity index (χ0n) is 76.5. The Morgan fingerprint density at radius 2 is 0.287 bits per heavy atom. The lowest BCUT2D eigenvalue weighted by Gasteiger charge is -2.18. The van der Waals surface area contributed by atoms with Gasteiger partial charge in [-0.1, -0.05) is 129 Å². The Hall–Kier alpha value is -10.3. The smallest absolute Gasteiger partial charge is 0.294 e. The van der Waals surface area contributed by atoms with Crippen LogP contribution < -0.4 is 0 Å². The van der Waals surface area contributed by atoms with Crippen LogP contribution in [0, 0.1) is 40.5 Å². The zero-order valence-corrected chi connectivity index (χ0v) is 76.5. The second kappa shape index (κ2) is 57.9. The van der Waals surface area contributed by atoms with Crippen molar-refractivity contribution < 1.29 is 97.2 Å². The van der Waals surface area contributed by atoms with Crippen LogP contribution in [0.15, 0.2) is 134 Å². The lowest BCUT2D eigenvalue weighted by atomic mass is 9.84. The van der Waals surface area contributed by atoms with Crippen molar-refractivity contribution >= 4 is 69.4 Å². The van der Waals surface area contributed by atoms with Crippen LogP contribution in [0.4, 0.5) is 0 Å². The predicted molar refractivity (Wildman–Crippen MR) is 467 cm³/mol. The van der Waals surface area contributed by atoms with Crippen molar-refractivity contribution in [3.8, 4) is 0 Å². The molecule has 0 atom stereocenters. The molecule has 0 aromatic heterocycles. The molecule has 676 valence electrons. The molecule has 28 nitrogen and oxygen atoms in total. The third-order valence-electron chi connectivity index (χ3n) is 23.5. The summed E-state index contributed by atoms with van der Waals surface area (Å²) in [6.07, 6.45) is 30.7. The van der Waals surface area contributed by atoms with Gasteiger partial charge in [-0.3, -0.25) is 57.5 Å². The summed E-state index contributed by atoms with van der Waals surface area (Å²) in [6, 6.07) is 0. The summed E-state index contributed by atoms with van der Waals surface area (Å²) in [7, 11) is 0. The Labute approximate surface area is 720 Å². The molecule has 0 heterocycles. The Bertz CT molecular complexity index is 4210. The molecule has 0 unspecified atom stereocenters. The van der Waals surface area contributed by atoms with E-state index in [-0.39, 0.29) is 95.8 Å². The van der Waals surface area contributed by atoms with Crippen molar-refractivity contribution in [2.45, 2.75) is 357 Å². The molecule has 0 bridgehead atoms. The van der Waals surface area contributed by atoms with Gasteiger partial charge < -0.3 is 19.4 Å². The van der Waals surface area contributed by atoms with E-state index in [0.717, 1.165) is 159 Å². The summed E-state index contributed by atoms with van der Waals surface area (Å²) >= 11 is 0. The highest BCUT2D eigenvalue weighted by Gasteiger charge is 2.33. The summed E-state index contributed by atoms with van der Waals surface area (Å²) in [5.41, 5.74) is 14.4. The van der Waals surface area contributed by atoms with E-state index in [0.29, 0.717) is 180 Å². The molecule has 0 spiro atoms. The van der Waals surface area contributed by atoms with Crippen LogP contribution in [0.2, 0.25) is 0 Å². The van der Waals surface area contributed by atoms with Crippen LogP contribution in [0.3, 0.4) is 0 Å². The van der Waals surface area contributed by atoms with Crippen LogP contribution in [-0.4, -0.2) is 116 Å². The van der Waals surface area contributed by atoms with E-state index in [9.17, 15) is 98.0 Å². The average Bonchev–Trinajstić information content (AvgIpc) is 0.838. The minimum Gasteiger partial charge on any atom is -0.314 e. The fraction of sp³-hybridized carbons (Fsp3) is 0.617. The number of nitrogens with zero attached hydrogens (tertiary/aromatic N) is 4. The third-order valence-corrected chi connectivity index (χ3v) is 23.5. The number of Topliss-reactive ketones (excluding diaryl/α,β-unsaturated/α-hetero) is 12. The molecule has 0 aromatic rings. The number of rotatable bonds is 46. The van der Waals surface area contributed by atoms with Crippen LogP contribution in [0.25, 0.3) is 0 Å². The lowest BCUT2D eigenvalue weighted by molar-refractivity contribution is -0.757. The molecule has 0 radical (unpaired) electrons. The van der Waals surface area contributed by atoms with Gasteiger partial charge >= 0.3 is 0 Å². The zero-order chi connectivity index (χ0) is 92.8. The maximum absolute atomic E-state index is 12.3. The molecule has 0 N–H and O–H groups in total. The summed E-state index contributed by atoms with van der Waals surface area (Å²) in [6.45, 7) is 35.7. The van der Waals surface area contributed by atoms with Gasteiger partial charge in [-0.05, 0) is 227 Å². The van der Waals surface area contributed by atoms with Crippen LogP contribution in [-0.2, 0) is 76.9 Å². The van der Waals surface area contributed by atoms with Gasteiger partial charge in [0, 0.05) is 134 Å². The largest absolute Gasteiger partial charge is 0.314 e. The fourth-order valence-corrected chi connectivity index (χ4v) is 14.5. The van der Waals surface area contributed by atoms with Gasteiger partial charge in [0.15, 0.2) is 69.4 Å². The Morgan fingerprint density at radius 3 is 0.459 bits per heavy atom. The Balaban J connectivity index is 0.000000737. The van der Waals surface area contributed by atoms with Gasteiger partial charge in [0.25, 0.3) is 20.3 Å². The molecule has 0 saturated carbocycles. The molecule has 6 rings (SSSR count). The highest BCUT2D eigenvalue weighted by atomic mass is 17.0. The summed E-state index contributed by atoms with van der Waals surface area (Å²) in [5.74, 6) is 0.0331. The quantitative estimate of drug-likeness (QED) is 0.0236. The van der Waals surface area contributed by atoms with Crippen LogP contribution in [0.1, 0.15) is 357 Å². The first-order valence-corrected chi connectivity index (χ1v) is 43.3. The normalized spacial score (nSPS) is 16.0. The molecular formula is C94H136N4O24. The summed E-state index contributed by atoms with van der Waals surface area (Å²) in [5, 5.41) is 36.7. The highest BCUT2D eigenvalue weighted by Crippen LogP contribution is 2.34. The monoisotopic (exact) mass is 1700 g/mol. The second-order valence-corrected chi connectivity index (χ2v) is 32.0. The van der Waals surface area contributed by atoms with Crippen molar-refractivity contribution in [1.82, 2.24) is 0 Å². The Morgan fingerprint density at radius 1 is 0.172 bits per heavy atom. The Kier molecular flexibility index (Phi) is 52.1. The first-order valence-electron chi connectivity index (χ1n) is 43.3. The second-order valence-electron chi connectivity index (χ2n) is 32.0. The van der Waals surface area contributed by atoms with E-state index < -0.39 is 20.3 Å². The molecule has 6 aliphatic carbocycles. The average molecular weight is 1710 g/mol. The molecule has 0 amide bonds. The topological polar surface area (TPSA) is 414 Å². The minimum absolute atomic E-state index is 0.00755. The standard InChI is InChI=1S/2C19H29NO5.C15H22O2.C14H19NO5.C14H20O2.C13H17NO5/c2*1-14-15(2)19(22)17(16(3)18(14)21)12-10-8-6-4-5-7-9-11-13-25-20(23)24;1-5-6-7-8-9-13-12(4)14(16)10(2)11(3)15(13)17;1-9-10(2)14(17)12(11(3)13(9)16)7-5-4-6-8-20-15(18)19;1-5-6-7-8-12-11(4)13(15)9(2)10(3)14(12)16;1-8-9(2)13(16)11(10(3)12(8)15)6-4-5-7-19-14(17)18/h2*4-13H2,1-3H3;5-9H2,1-4H3;4-8H2,1-3H3;5-8H2,1-4H3;4-7H2,1-3H3. The van der Waals surface area contributed by atoms with Gasteiger partial charge in [-0.15, -0.1) is 40.5 Å². The first-order chi connectivity index (χ1) is 57.4. The summed E-state index contributed by atoms with van der Waals surface area (Å²) < 4.78 is 0. The van der Waals surface area contributed by atoms with E-state index in [1.165, 1.54) is 12.8 Å². The van der Waals surface area contributed by atoms with Crippen molar-refractivity contribution in [3.05, 3.63) is 174 Å². The van der Waals surface area contributed by atoms with Gasteiger partial charge in [0.1, 0.15) is 0 Å². The van der Waals surface area contributed by atoms with E-state index >= 15 is 0 Å². The molecule has 122 heavy (non-hydrogen) atoms. The number of hydrogen-bond acceptors (Lipinski definition) is 24.